The van der Waals surface area contributed by atoms with E-state index >= 15 is 0 Å². The van der Waals surface area contributed by atoms with E-state index in [1.165, 1.54) is 25.7 Å². The molecule has 0 aromatic heterocycles. The molecule has 1 aliphatic heterocycles. The third-order valence-electron chi connectivity index (χ3n) is 2.77. The molecule has 0 N–H and O–H groups in total. The number of hydrogen-bond donors (Lipinski definition) is 0. The van der Waals surface area contributed by atoms with Crippen LogP contribution in [0.25, 0.3) is 0 Å². The van der Waals surface area contributed by atoms with Crippen LogP contribution < -0.4 is 0 Å². The number of hydrogen-bond acceptors (Lipinski definition) is 2. The Morgan fingerprint density at radius 1 is 1.44 bits per heavy atom. The number of unbranched alkanes of at least 4 members (excludes halogenated alkanes) is 2. The zero-order valence-corrected chi connectivity index (χ0v) is 11.0. The average molecular weight is 275 g/mol. The Morgan fingerprint density at radius 2 is 2.25 bits per heavy atom. The van der Waals surface area contributed by atoms with E-state index in [0.717, 1.165) is 25.9 Å². The molecule has 3 heteroatoms. The van der Waals surface area contributed by atoms with Crippen LogP contribution in [-0.2, 0) is 26.5 Å². The van der Waals surface area contributed by atoms with Gasteiger partial charge in [-0.1, -0.05) is 26.2 Å². The molecule has 0 amide bonds. The molecule has 1 fully saturated rings. The summed E-state index contributed by atoms with van der Waals surface area (Å²) < 4.78 is 11.3. The van der Waals surface area contributed by atoms with Crippen molar-refractivity contribution in [3.8, 4) is 0 Å². The van der Waals surface area contributed by atoms with E-state index in [2.05, 4.69) is 6.92 Å². The maximum atomic E-state index is 5.78. The molecule has 0 saturated carbocycles. The first-order valence-corrected chi connectivity index (χ1v) is 6.19. The molecule has 0 spiro atoms. The second kappa shape index (κ2) is 10.3. The van der Waals surface area contributed by atoms with Gasteiger partial charge in [0.1, 0.15) is 0 Å². The van der Waals surface area contributed by atoms with Crippen LogP contribution in [-0.4, -0.2) is 19.0 Å². The number of ether oxygens (including phenoxy) is 2. The van der Waals surface area contributed by atoms with Crippen molar-refractivity contribution in [2.24, 2.45) is 0 Å². The molecule has 98 valence electrons. The average Bonchev–Trinajstić information content (AvgIpc) is 2.29. The Hall–Kier alpha value is 0.179. The molecule has 16 heavy (non-hydrogen) atoms. The van der Waals surface area contributed by atoms with Gasteiger partial charge in [0.05, 0.1) is 0 Å². The summed E-state index contributed by atoms with van der Waals surface area (Å²) in [5.74, 6) is 0. The second-order valence-electron chi connectivity index (χ2n) is 4.16. The number of rotatable bonds is 7. The van der Waals surface area contributed by atoms with Gasteiger partial charge in [-0.05, 0) is 25.7 Å². The van der Waals surface area contributed by atoms with Gasteiger partial charge in [0, 0.05) is 12.7 Å². The van der Waals surface area contributed by atoms with Crippen molar-refractivity contribution in [3.63, 3.8) is 0 Å². The van der Waals surface area contributed by atoms with Crippen LogP contribution in [0.1, 0.15) is 51.9 Å². The van der Waals surface area contributed by atoms with Crippen LogP contribution in [0.4, 0.5) is 0 Å². The fraction of sp³-hybridized carbons (Fsp3) is 0.846. The summed E-state index contributed by atoms with van der Waals surface area (Å²) in [5.41, 5.74) is 0. The van der Waals surface area contributed by atoms with Crippen molar-refractivity contribution in [3.05, 3.63) is 12.7 Å². The maximum Gasteiger partial charge on any atom is 1.00 e. The predicted molar refractivity (Wildman–Crippen MR) is 61.5 cm³/mol. The normalized spacial score (nSPS) is 22.2. The molecule has 1 rings (SSSR count). The molecule has 0 radical (unpaired) electrons. The van der Waals surface area contributed by atoms with Crippen molar-refractivity contribution in [2.45, 2.75) is 64.3 Å². The zero-order chi connectivity index (χ0) is 10.9. The molecule has 1 heterocycles. The van der Waals surface area contributed by atoms with E-state index in [1.807, 2.05) is 0 Å². The maximum absolute atomic E-state index is 5.78. The van der Waals surface area contributed by atoms with E-state index in [9.17, 15) is 0 Å². The standard InChI is InChI=1S/C13H23O2.Cu/c1-3-5-6-9-12(4-2)15-13-10-7-8-11-14-13;/h2,4,12-13H,3,5-11H2,1H3;/q-1;+1. The van der Waals surface area contributed by atoms with E-state index < -0.39 is 0 Å². The first kappa shape index (κ1) is 16.2. The summed E-state index contributed by atoms with van der Waals surface area (Å²) in [6.07, 6.45) is 9.77. The summed E-state index contributed by atoms with van der Waals surface area (Å²) in [5, 5.41) is 0. The summed E-state index contributed by atoms with van der Waals surface area (Å²) in [7, 11) is 0. The van der Waals surface area contributed by atoms with Gasteiger partial charge in [0.25, 0.3) is 0 Å². The van der Waals surface area contributed by atoms with Crippen molar-refractivity contribution < 1.29 is 26.5 Å². The Kier molecular flexibility index (Phi) is 10.5. The SMILES string of the molecule is [CH-]=CC(CCCCC)OC1CCCCO1.[Cu+]. The van der Waals surface area contributed by atoms with Gasteiger partial charge in [-0.25, -0.2) is 6.08 Å². The minimum absolute atomic E-state index is 0. The monoisotopic (exact) mass is 274 g/mol. The molecule has 2 atom stereocenters. The third kappa shape index (κ3) is 6.70. The molecular formula is C13H23CuO2. The third-order valence-corrected chi connectivity index (χ3v) is 2.77. The van der Waals surface area contributed by atoms with Gasteiger partial charge in [-0.15, -0.1) is 0 Å². The first-order valence-electron chi connectivity index (χ1n) is 6.19. The molecule has 0 aromatic rings. The van der Waals surface area contributed by atoms with Crippen molar-refractivity contribution in [1.82, 2.24) is 0 Å². The van der Waals surface area contributed by atoms with E-state index in [0.29, 0.717) is 0 Å². The van der Waals surface area contributed by atoms with Crippen LogP contribution in [0, 0.1) is 6.58 Å². The second-order valence-corrected chi connectivity index (χ2v) is 4.16. The molecule has 0 aliphatic carbocycles. The quantitative estimate of drug-likeness (QED) is 0.402. The van der Waals surface area contributed by atoms with Gasteiger partial charge >= 0.3 is 17.1 Å². The Labute approximate surface area is 110 Å². The Bertz CT molecular complexity index is 167. The molecular weight excluding hydrogens is 252 g/mol. The van der Waals surface area contributed by atoms with Crippen LogP contribution >= 0.6 is 0 Å². The predicted octanol–water partition coefficient (Wildman–Crippen LogP) is 3.47. The van der Waals surface area contributed by atoms with Crippen LogP contribution in [0.5, 0.6) is 0 Å². The fourth-order valence-electron chi connectivity index (χ4n) is 1.82. The molecule has 2 nitrogen and oxygen atoms in total. The molecule has 1 aliphatic rings. The largest absolute Gasteiger partial charge is 1.00 e. The van der Waals surface area contributed by atoms with Crippen molar-refractivity contribution >= 4 is 0 Å². The van der Waals surface area contributed by atoms with E-state index in [4.69, 9.17) is 16.1 Å². The Morgan fingerprint density at radius 3 is 2.81 bits per heavy atom. The zero-order valence-electron chi connectivity index (χ0n) is 10.1. The topological polar surface area (TPSA) is 18.5 Å². The summed E-state index contributed by atoms with van der Waals surface area (Å²) in [4.78, 5) is 0. The summed E-state index contributed by atoms with van der Waals surface area (Å²) in [6.45, 7) is 8.60. The van der Waals surface area contributed by atoms with Gasteiger partial charge in [-0.2, -0.15) is 0 Å². The van der Waals surface area contributed by atoms with Gasteiger partial charge in [-0.3, -0.25) is 0 Å². The van der Waals surface area contributed by atoms with E-state index in [1.54, 1.807) is 6.08 Å². The van der Waals surface area contributed by atoms with Crippen molar-refractivity contribution in [2.75, 3.05) is 6.61 Å². The smallest absolute Gasteiger partial charge is 0.515 e. The summed E-state index contributed by atoms with van der Waals surface area (Å²) >= 11 is 0. The minimum Gasteiger partial charge on any atom is -0.515 e. The molecule has 2 unspecified atom stereocenters. The molecule has 0 aromatic carbocycles. The van der Waals surface area contributed by atoms with Crippen LogP contribution in [0.15, 0.2) is 6.08 Å². The fourth-order valence-corrected chi connectivity index (χ4v) is 1.82. The molecule has 0 bridgehead atoms. The first-order chi connectivity index (χ1) is 7.36. The Balaban J connectivity index is 0.00000225. The van der Waals surface area contributed by atoms with Crippen LogP contribution in [0.2, 0.25) is 0 Å². The van der Waals surface area contributed by atoms with Crippen LogP contribution in [0.3, 0.4) is 0 Å². The van der Waals surface area contributed by atoms with Gasteiger partial charge < -0.3 is 16.1 Å². The summed E-state index contributed by atoms with van der Waals surface area (Å²) in [6, 6.07) is 0. The van der Waals surface area contributed by atoms with Gasteiger partial charge in [0.2, 0.25) is 0 Å². The van der Waals surface area contributed by atoms with Crippen molar-refractivity contribution in [1.29, 1.82) is 0 Å². The minimum atomic E-state index is -0.0230. The van der Waals surface area contributed by atoms with E-state index in [-0.39, 0.29) is 29.5 Å². The van der Waals surface area contributed by atoms with Gasteiger partial charge in [0.15, 0.2) is 6.29 Å². The molecule has 1 saturated heterocycles.